The van der Waals surface area contributed by atoms with Gasteiger partial charge in [-0.25, -0.2) is 4.79 Å². The number of carbonyl (C=O) groups is 2. The van der Waals surface area contributed by atoms with Crippen molar-refractivity contribution in [3.05, 3.63) is 141 Å². The summed E-state index contributed by atoms with van der Waals surface area (Å²) in [7, 11) is 0. The zero-order valence-corrected chi connectivity index (χ0v) is 27.9. The number of carbonyl (C=O) groups excluding carboxylic acids is 2. The Morgan fingerprint density at radius 1 is 0.760 bits per heavy atom. The summed E-state index contributed by atoms with van der Waals surface area (Å²) in [6.45, 7) is 4.73. The summed E-state index contributed by atoms with van der Waals surface area (Å²) in [4.78, 5) is 45.5. The zero-order chi connectivity index (χ0) is 34.4. The van der Waals surface area contributed by atoms with Crippen molar-refractivity contribution >= 4 is 22.8 Å². The molecule has 1 aromatic heterocycles. The molecule has 10 heteroatoms. The Labute approximate surface area is 289 Å². The Kier molecular flexibility index (Phi) is 8.70. The molecule has 8 rings (SSSR count). The monoisotopic (exact) mass is 672 g/mol. The van der Waals surface area contributed by atoms with E-state index in [0.29, 0.717) is 11.1 Å². The number of likely N-dealkylation sites (tertiary alicyclic amines) is 1. The third kappa shape index (κ3) is 5.98. The molecular formula is C40H40N4O6. The molecule has 0 spiro atoms. The lowest BCUT2D eigenvalue weighted by atomic mass is 9.89. The fourth-order valence-corrected chi connectivity index (χ4v) is 7.72. The molecule has 5 aromatic rings. The minimum absolute atomic E-state index is 0.0244. The van der Waals surface area contributed by atoms with Gasteiger partial charge in [0, 0.05) is 37.2 Å². The molecular weight excluding hydrogens is 632 g/mol. The number of nitrogens with zero attached hydrogens (tertiary/aromatic N) is 3. The van der Waals surface area contributed by atoms with Gasteiger partial charge in [0.05, 0.1) is 47.5 Å². The number of ether oxygens (including phenoxy) is 2. The van der Waals surface area contributed by atoms with Crippen molar-refractivity contribution < 1.29 is 24.2 Å². The Hall–Kier alpha value is -4.87. The van der Waals surface area contributed by atoms with Gasteiger partial charge >= 0.3 is 5.69 Å². The number of para-hydroxylation sites is 2. The SMILES string of the molecule is C[C@@H]1[C@H](CN2CCC(n3c(=O)[nH]c4ccccc43)CC2)O[C@H](c2ccc(CN3C(=O)c4ccccc4C3=O)cc2)O[C@@H]1c1ccc(CO)cc1. The van der Waals surface area contributed by atoms with E-state index in [1.54, 1.807) is 24.3 Å². The molecule has 3 aliphatic heterocycles. The first-order valence-electron chi connectivity index (χ1n) is 17.3. The van der Waals surface area contributed by atoms with Crippen LogP contribution in [0.5, 0.6) is 0 Å². The standard InChI is InChI=1S/C40H40N4O6/c1-25-35(23-42-20-18-30(19-21-42)44-34-9-5-4-8-33(34)41-40(44)48)49-39(50-36(25)28-14-12-27(24-45)13-15-28)29-16-10-26(11-17-29)22-43-37(46)31-6-2-3-7-32(31)38(43)47/h2-17,25,30,35-36,39,45H,18-24H2,1H3,(H,41,48)/t25-,35+,36+,39+/m1/s1. The van der Waals surface area contributed by atoms with E-state index >= 15 is 0 Å². The summed E-state index contributed by atoms with van der Waals surface area (Å²) in [6.07, 6.45) is 0.718. The van der Waals surface area contributed by atoms with Gasteiger partial charge in [-0.05, 0) is 53.8 Å². The number of aliphatic hydroxyl groups is 1. The van der Waals surface area contributed by atoms with Crippen molar-refractivity contribution in [3.8, 4) is 0 Å². The van der Waals surface area contributed by atoms with Crippen LogP contribution in [-0.2, 0) is 22.6 Å². The second-order valence-electron chi connectivity index (χ2n) is 13.7. The average molecular weight is 673 g/mol. The number of H-pyrrole nitrogens is 1. The number of nitrogens with one attached hydrogen (secondary N) is 1. The Balaban J connectivity index is 0.986. The third-order valence-corrected chi connectivity index (χ3v) is 10.6. The van der Waals surface area contributed by atoms with E-state index < -0.39 is 6.29 Å². The molecule has 50 heavy (non-hydrogen) atoms. The lowest BCUT2D eigenvalue weighted by Crippen LogP contribution is -2.47. The normalized spacial score (nSPS) is 23.1. The predicted octanol–water partition coefficient (Wildman–Crippen LogP) is 5.75. The fourth-order valence-electron chi connectivity index (χ4n) is 7.72. The number of imidazole rings is 1. The summed E-state index contributed by atoms with van der Waals surface area (Å²) in [6, 6.07) is 30.5. The van der Waals surface area contributed by atoms with Gasteiger partial charge in [0.15, 0.2) is 6.29 Å². The number of rotatable bonds is 8. The molecule has 256 valence electrons. The number of aromatic nitrogens is 2. The second-order valence-corrected chi connectivity index (χ2v) is 13.7. The Morgan fingerprint density at radius 3 is 2.06 bits per heavy atom. The van der Waals surface area contributed by atoms with Gasteiger partial charge in [0.25, 0.3) is 11.8 Å². The summed E-state index contributed by atoms with van der Waals surface area (Å²) < 4.78 is 15.3. The highest BCUT2D eigenvalue weighted by Crippen LogP contribution is 2.42. The smallest absolute Gasteiger partial charge is 0.326 e. The third-order valence-electron chi connectivity index (χ3n) is 10.6. The first kappa shape index (κ1) is 32.3. The van der Waals surface area contributed by atoms with Crippen LogP contribution in [-0.4, -0.2) is 62.0 Å². The molecule has 0 unspecified atom stereocenters. The molecule has 2 fully saturated rings. The number of fused-ring (bicyclic) bond motifs is 2. The summed E-state index contributed by atoms with van der Waals surface area (Å²) in [5.74, 6) is -0.524. The number of benzene rings is 4. The summed E-state index contributed by atoms with van der Waals surface area (Å²) in [5, 5.41) is 9.62. The number of amides is 2. The van der Waals surface area contributed by atoms with Crippen LogP contribution >= 0.6 is 0 Å². The number of hydrogen-bond acceptors (Lipinski definition) is 7. The van der Waals surface area contributed by atoms with Gasteiger partial charge in [-0.15, -0.1) is 0 Å². The van der Waals surface area contributed by atoms with E-state index in [4.69, 9.17) is 9.47 Å². The molecule has 4 aromatic carbocycles. The van der Waals surface area contributed by atoms with E-state index in [1.807, 2.05) is 77.4 Å². The van der Waals surface area contributed by atoms with E-state index in [9.17, 15) is 19.5 Å². The molecule has 0 radical (unpaired) electrons. The van der Waals surface area contributed by atoms with E-state index in [0.717, 1.165) is 65.8 Å². The van der Waals surface area contributed by atoms with Crippen molar-refractivity contribution in [2.45, 2.75) is 57.5 Å². The van der Waals surface area contributed by atoms with Crippen molar-refractivity contribution in [2.24, 2.45) is 5.92 Å². The summed E-state index contributed by atoms with van der Waals surface area (Å²) in [5.41, 5.74) is 6.17. The average Bonchev–Trinajstić information content (AvgIpc) is 3.61. The number of imide groups is 1. The van der Waals surface area contributed by atoms with Crippen LogP contribution in [0, 0.1) is 5.92 Å². The van der Waals surface area contributed by atoms with E-state index in [1.165, 1.54) is 4.90 Å². The van der Waals surface area contributed by atoms with E-state index in [2.05, 4.69) is 16.8 Å². The van der Waals surface area contributed by atoms with Crippen molar-refractivity contribution in [2.75, 3.05) is 19.6 Å². The van der Waals surface area contributed by atoms with Crippen LogP contribution in [0.3, 0.4) is 0 Å². The molecule has 2 saturated heterocycles. The maximum Gasteiger partial charge on any atom is 0.326 e. The highest BCUT2D eigenvalue weighted by molar-refractivity contribution is 6.21. The molecule has 0 saturated carbocycles. The molecule has 10 nitrogen and oxygen atoms in total. The van der Waals surface area contributed by atoms with E-state index in [-0.39, 0.29) is 54.8 Å². The largest absolute Gasteiger partial charge is 0.392 e. The van der Waals surface area contributed by atoms with Gasteiger partial charge in [0.1, 0.15) is 0 Å². The van der Waals surface area contributed by atoms with Gasteiger partial charge in [0.2, 0.25) is 0 Å². The maximum absolute atomic E-state index is 12.9. The second kappa shape index (κ2) is 13.4. The number of aliphatic hydroxyl groups excluding tert-OH is 1. The van der Waals surface area contributed by atoms with Crippen molar-refractivity contribution in [1.29, 1.82) is 0 Å². The lowest BCUT2D eigenvalue weighted by Gasteiger charge is -2.44. The molecule has 0 aliphatic carbocycles. The highest BCUT2D eigenvalue weighted by Gasteiger charge is 2.40. The maximum atomic E-state index is 12.9. The predicted molar refractivity (Wildman–Crippen MR) is 187 cm³/mol. The molecule has 3 aliphatic rings. The van der Waals surface area contributed by atoms with Gasteiger partial charge in [-0.1, -0.05) is 79.7 Å². The minimum Gasteiger partial charge on any atom is -0.392 e. The van der Waals surface area contributed by atoms with Crippen LogP contribution in [0.4, 0.5) is 0 Å². The number of hydrogen-bond donors (Lipinski definition) is 2. The van der Waals surface area contributed by atoms with Crippen molar-refractivity contribution in [1.82, 2.24) is 19.4 Å². The quantitative estimate of drug-likeness (QED) is 0.202. The zero-order valence-electron chi connectivity index (χ0n) is 27.9. The summed E-state index contributed by atoms with van der Waals surface area (Å²) >= 11 is 0. The van der Waals surface area contributed by atoms with Crippen LogP contribution in [0.15, 0.2) is 102 Å². The van der Waals surface area contributed by atoms with Crippen LogP contribution in [0.2, 0.25) is 0 Å². The Morgan fingerprint density at radius 2 is 1.38 bits per heavy atom. The van der Waals surface area contributed by atoms with Crippen molar-refractivity contribution in [3.63, 3.8) is 0 Å². The molecule has 0 bridgehead atoms. The topological polar surface area (TPSA) is 117 Å². The number of aromatic amines is 1. The molecule has 2 amide bonds. The fraction of sp³-hybridized carbons (Fsp3) is 0.325. The van der Waals surface area contributed by atoms with Crippen LogP contribution in [0.1, 0.15) is 81.2 Å². The van der Waals surface area contributed by atoms with Gasteiger partial charge < -0.3 is 24.5 Å². The number of piperidine rings is 1. The molecule has 2 N–H and O–H groups in total. The van der Waals surface area contributed by atoms with Crippen LogP contribution in [0.25, 0.3) is 11.0 Å². The first-order valence-corrected chi connectivity index (χ1v) is 17.3. The molecule has 4 heterocycles. The lowest BCUT2D eigenvalue weighted by molar-refractivity contribution is -0.276. The highest BCUT2D eigenvalue weighted by atomic mass is 16.7. The first-order chi connectivity index (χ1) is 24.4. The molecule has 4 atom stereocenters. The minimum atomic E-state index is -0.630. The van der Waals surface area contributed by atoms with Crippen LogP contribution < -0.4 is 5.69 Å². The van der Waals surface area contributed by atoms with Gasteiger partial charge in [-0.3, -0.25) is 19.1 Å². The Bertz CT molecular complexity index is 2040. The van der Waals surface area contributed by atoms with Gasteiger partial charge in [-0.2, -0.15) is 0 Å².